The molecule has 4 nitrogen and oxygen atoms in total. The van der Waals surface area contributed by atoms with Gasteiger partial charge in [-0.3, -0.25) is 0 Å². The Kier molecular flexibility index (Phi) is 4.09. The molecule has 1 fully saturated rings. The zero-order chi connectivity index (χ0) is 13.1. The quantitative estimate of drug-likeness (QED) is 0.903. The molecule has 0 unspecified atom stereocenters. The molecule has 0 radical (unpaired) electrons. The molecule has 0 aromatic carbocycles. The molecular weight excluding hydrogens is 238 g/mol. The SMILES string of the molecule is CCCc1nc(C2CCOCC2)nc2c1CNCC2. The number of hydrogen-bond donors (Lipinski definition) is 1. The minimum absolute atomic E-state index is 0.504. The third kappa shape index (κ3) is 2.79. The zero-order valence-electron chi connectivity index (χ0n) is 11.7. The first-order valence-electron chi connectivity index (χ1n) is 7.55. The highest BCUT2D eigenvalue weighted by atomic mass is 16.5. The van der Waals surface area contributed by atoms with Crippen molar-refractivity contribution >= 4 is 0 Å². The number of nitrogens with one attached hydrogen (secondary N) is 1. The lowest BCUT2D eigenvalue weighted by atomic mass is 9.97. The second-order valence-corrected chi connectivity index (χ2v) is 5.52. The van der Waals surface area contributed by atoms with Gasteiger partial charge in [-0.2, -0.15) is 0 Å². The van der Waals surface area contributed by atoms with Gasteiger partial charge in [0.05, 0.1) is 5.69 Å². The Bertz CT molecular complexity index is 441. The molecule has 104 valence electrons. The minimum atomic E-state index is 0.504. The number of aromatic nitrogens is 2. The summed E-state index contributed by atoms with van der Waals surface area (Å²) in [5, 5.41) is 3.44. The lowest BCUT2D eigenvalue weighted by molar-refractivity contribution is 0.0834. The molecule has 3 rings (SSSR count). The monoisotopic (exact) mass is 261 g/mol. The van der Waals surface area contributed by atoms with Gasteiger partial charge >= 0.3 is 0 Å². The van der Waals surface area contributed by atoms with E-state index in [1.807, 2.05) is 0 Å². The van der Waals surface area contributed by atoms with E-state index in [9.17, 15) is 0 Å². The number of rotatable bonds is 3. The van der Waals surface area contributed by atoms with Crippen molar-refractivity contribution in [3.05, 3.63) is 22.8 Å². The molecule has 1 saturated heterocycles. The number of hydrogen-bond acceptors (Lipinski definition) is 4. The highest BCUT2D eigenvalue weighted by Gasteiger charge is 2.23. The molecule has 1 aromatic rings. The normalized spacial score (nSPS) is 20.3. The first-order valence-corrected chi connectivity index (χ1v) is 7.55. The predicted molar refractivity (Wildman–Crippen MR) is 74.2 cm³/mol. The molecule has 0 atom stereocenters. The van der Waals surface area contributed by atoms with Gasteiger partial charge in [0.1, 0.15) is 5.82 Å². The average Bonchev–Trinajstić information content (AvgIpc) is 2.48. The zero-order valence-corrected chi connectivity index (χ0v) is 11.7. The van der Waals surface area contributed by atoms with Crippen LogP contribution in [0.4, 0.5) is 0 Å². The lowest BCUT2D eigenvalue weighted by Gasteiger charge is -2.25. The van der Waals surface area contributed by atoms with E-state index in [4.69, 9.17) is 14.7 Å². The molecule has 1 N–H and O–H groups in total. The van der Waals surface area contributed by atoms with Crippen LogP contribution in [-0.2, 0) is 24.1 Å². The molecule has 2 aliphatic rings. The Morgan fingerprint density at radius 1 is 1.26 bits per heavy atom. The van der Waals surface area contributed by atoms with Gasteiger partial charge in [-0.25, -0.2) is 9.97 Å². The molecule has 0 spiro atoms. The summed E-state index contributed by atoms with van der Waals surface area (Å²) in [7, 11) is 0. The number of aryl methyl sites for hydroxylation is 1. The molecule has 3 heterocycles. The van der Waals surface area contributed by atoms with Gasteiger partial charge in [0, 0.05) is 49.9 Å². The fraction of sp³-hybridized carbons (Fsp3) is 0.733. The van der Waals surface area contributed by atoms with Gasteiger partial charge in [0.2, 0.25) is 0 Å². The summed E-state index contributed by atoms with van der Waals surface area (Å²) in [6, 6.07) is 0. The first kappa shape index (κ1) is 13.0. The maximum absolute atomic E-state index is 5.45. The van der Waals surface area contributed by atoms with Crippen LogP contribution in [0.5, 0.6) is 0 Å². The molecule has 0 bridgehead atoms. The van der Waals surface area contributed by atoms with E-state index < -0.39 is 0 Å². The van der Waals surface area contributed by atoms with E-state index in [1.54, 1.807) is 0 Å². The van der Waals surface area contributed by atoms with Crippen LogP contribution < -0.4 is 5.32 Å². The van der Waals surface area contributed by atoms with Crippen LogP contribution in [0.2, 0.25) is 0 Å². The Morgan fingerprint density at radius 3 is 2.89 bits per heavy atom. The Labute approximate surface area is 115 Å². The van der Waals surface area contributed by atoms with E-state index in [0.717, 1.165) is 64.2 Å². The van der Waals surface area contributed by atoms with Crippen molar-refractivity contribution in [1.82, 2.24) is 15.3 Å². The van der Waals surface area contributed by atoms with Crippen LogP contribution in [0, 0.1) is 0 Å². The van der Waals surface area contributed by atoms with Crippen LogP contribution >= 0.6 is 0 Å². The van der Waals surface area contributed by atoms with Crippen molar-refractivity contribution in [2.45, 2.75) is 51.5 Å². The van der Waals surface area contributed by atoms with Crippen LogP contribution in [0.15, 0.2) is 0 Å². The second kappa shape index (κ2) is 5.97. The molecule has 1 aromatic heterocycles. The topological polar surface area (TPSA) is 47.0 Å². The lowest BCUT2D eigenvalue weighted by Crippen LogP contribution is -2.28. The fourth-order valence-electron chi connectivity index (χ4n) is 3.02. The maximum Gasteiger partial charge on any atom is 0.132 e. The molecule has 19 heavy (non-hydrogen) atoms. The second-order valence-electron chi connectivity index (χ2n) is 5.52. The van der Waals surface area contributed by atoms with Gasteiger partial charge in [-0.1, -0.05) is 13.3 Å². The minimum Gasteiger partial charge on any atom is -0.381 e. The van der Waals surface area contributed by atoms with Gasteiger partial charge < -0.3 is 10.1 Å². The summed E-state index contributed by atoms with van der Waals surface area (Å²) in [4.78, 5) is 9.77. The average molecular weight is 261 g/mol. The Hall–Kier alpha value is -1.00. The molecule has 2 aliphatic heterocycles. The van der Waals surface area contributed by atoms with Crippen molar-refractivity contribution in [3.63, 3.8) is 0 Å². The summed E-state index contributed by atoms with van der Waals surface area (Å²) < 4.78 is 5.45. The van der Waals surface area contributed by atoms with Crippen LogP contribution in [0.3, 0.4) is 0 Å². The molecule has 0 aliphatic carbocycles. The van der Waals surface area contributed by atoms with E-state index in [-0.39, 0.29) is 0 Å². The third-order valence-electron chi connectivity index (χ3n) is 4.11. The fourth-order valence-corrected chi connectivity index (χ4v) is 3.02. The smallest absolute Gasteiger partial charge is 0.132 e. The highest BCUT2D eigenvalue weighted by Crippen LogP contribution is 2.27. The van der Waals surface area contributed by atoms with Gasteiger partial charge in [-0.05, 0) is 19.3 Å². The summed E-state index contributed by atoms with van der Waals surface area (Å²) in [5.41, 5.74) is 3.93. The van der Waals surface area contributed by atoms with Crippen LogP contribution in [0.25, 0.3) is 0 Å². The highest BCUT2D eigenvalue weighted by molar-refractivity contribution is 5.29. The third-order valence-corrected chi connectivity index (χ3v) is 4.11. The van der Waals surface area contributed by atoms with Gasteiger partial charge in [0.15, 0.2) is 0 Å². The van der Waals surface area contributed by atoms with E-state index >= 15 is 0 Å². The number of nitrogens with zero attached hydrogens (tertiary/aromatic N) is 2. The molecule has 0 saturated carbocycles. The molecule has 4 heteroatoms. The number of fused-ring (bicyclic) bond motifs is 1. The predicted octanol–water partition coefficient (Wildman–Crippen LogP) is 1.97. The molecule has 0 amide bonds. The van der Waals surface area contributed by atoms with E-state index in [0.29, 0.717) is 5.92 Å². The van der Waals surface area contributed by atoms with Crippen LogP contribution in [0.1, 0.15) is 54.9 Å². The maximum atomic E-state index is 5.45. The first-order chi connectivity index (χ1) is 9.38. The van der Waals surface area contributed by atoms with Crippen molar-refractivity contribution < 1.29 is 4.74 Å². The van der Waals surface area contributed by atoms with Gasteiger partial charge in [-0.15, -0.1) is 0 Å². The Morgan fingerprint density at radius 2 is 2.11 bits per heavy atom. The van der Waals surface area contributed by atoms with Crippen molar-refractivity contribution in [1.29, 1.82) is 0 Å². The van der Waals surface area contributed by atoms with E-state index in [2.05, 4.69) is 12.2 Å². The summed E-state index contributed by atoms with van der Waals surface area (Å²) >= 11 is 0. The standard InChI is InChI=1S/C15H23N3O/c1-2-3-13-12-10-16-7-4-14(12)18-15(17-13)11-5-8-19-9-6-11/h11,16H,2-10H2,1H3. The van der Waals surface area contributed by atoms with Crippen molar-refractivity contribution in [2.75, 3.05) is 19.8 Å². The van der Waals surface area contributed by atoms with Gasteiger partial charge in [0.25, 0.3) is 0 Å². The summed E-state index contributed by atoms with van der Waals surface area (Å²) in [6.45, 7) is 5.92. The molecular formula is C15H23N3O. The van der Waals surface area contributed by atoms with Crippen molar-refractivity contribution in [2.24, 2.45) is 0 Å². The largest absolute Gasteiger partial charge is 0.381 e. The summed E-state index contributed by atoms with van der Waals surface area (Å²) in [6.07, 6.45) is 5.41. The Balaban J connectivity index is 1.93. The number of ether oxygens (including phenoxy) is 1. The van der Waals surface area contributed by atoms with Crippen molar-refractivity contribution in [3.8, 4) is 0 Å². The van der Waals surface area contributed by atoms with Crippen LogP contribution in [-0.4, -0.2) is 29.7 Å². The summed E-state index contributed by atoms with van der Waals surface area (Å²) in [5.74, 6) is 1.58. The van der Waals surface area contributed by atoms with E-state index in [1.165, 1.54) is 17.0 Å².